The van der Waals surface area contributed by atoms with Crippen LogP contribution in [0.3, 0.4) is 0 Å². The molecule has 2 N–H and O–H groups in total. The van der Waals surface area contributed by atoms with E-state index in [9.17, 15) is 0 Å². The van der Waals surface area contributed by atoms with Gasteiger partial charge in [0.15, 0.2) is 0 Å². The van der Waals surface area contributed by atoms with Crippen LogP contribution in [0.15, 0.2) is 18.2 Å². The highest BCUT2D eigenvalue weighted by Crippen LogP contribution is 2.29. The summed E-state index contributed by atoms with van der Waals surface area (Å²) in [5, 5.41) is 0. The standard InChI is InChI=1S/C16H24N2O/c17-12-13-5-6-16-14(11-13)3-1-8-18(16)9-7-15-4-2-10-19-15/h5-6,11,15H,1-4,7-10,12,17H2. The Kier molecular flexibility index (Phi) is 4.04. The Hall–Kier alpha value is -1.06. The summed E-state index contributed by atoms with van der Waals surface area (Å²) in [4.78, 5) is 2.53. The SMILES string of the molecule is NCc1ccc2c(c1)CCCN2CCC1CCCO1. The van der Waals surface area contributed by atoms with Gasteiger partial charge in [0.25, 0.3) is 0 Å². The number of fused-ring (bicyclic) bond motifs is 1. The number of nitrogens with zero attached hydrogens (tertiary/aromatic N) is 1. The zero-order valence-electron chi connectivity index (χ0n) is 11.6. The lowest BCUT2D eigenvalue weighted by Crippen LogP contribution is -2.32. The van der Waals surface area contributed by atoms with E-state index in [1.54, 1.807) is 0 Å². The maximum Gasteiger partial charge on any atom is 0.0592 e. The zero-order valence-corrected chi connectivity index (χ0v) is 11.6. The first-order valence-electron chi connectivity index (χ1n) is 7.55. The lowest BCUT2D eigenvalue weighted by Gasteiger charge is -2.32. The molecule has 0 bridgehead atoms. The summed E-state index contributed by atoms with van der Waals surface area (Å²) in [7, 11) is 0. The topological polar surface area (TPSA) is 38.5 Å². The highest BCUT2D eigenvalue weighted by molar-refractivity contribution is 5.56. The average Bonchev–Trinajstić information content (AvgIpc) is 2.97. The number of hydrogen-bond donors (Lipinski definition) is 1. The molecule has 2 heterocycles. The molecule has 1 unspecified atom stereocenters. The van der Waals surface area contributed by atoms with Gasteiger partial charge in [0.05, 0.1) is 6.10 Å². The van der Waals surface area contributed by atoms with Crippen LogP contribution < -0.4 is 10.6 Å². The lowest BCUT2D eigenvalue weighted by atomic mass is 9.98. The molecule has 0 saturated carbocycles. The average molecular weight is 260 g/mol. The number of rotatable bonds is 4. The third kappa shape index (κ3) is 2.93. The molecule has 19 heavy (non-hydrogen) atoms. The molecular weight excluding hydrogens is 236 g/mol. The van der Waals surface area contributed by atoms with E-state index < -0.39 is 0 Å². The first kappa shape index (κ1) is 12.9. The second-order valence-corrected chi connectivity index (χ2v) is 5.68. The van der Waals surface area contributed by atoms with Gasteiger partial charge in [0.1, 0.15) is 0 Å². The molecule has 2 aliphatic rings. The van der Waals surface area contributed by atoms with Crippen LogP contribution in [-0.4, -0.2) is 25.8 Å². The molecule has 104 valence electrons. The van der Waals surface area contributed by atoms with E-state index >= 15 is 0 Å². The van der Waals surface area contributed by atoms with Crippen molar-refractivity contribution in [3.63, 3.8) is 0 Å². The van der Waals surface area contributed by atoms with Crippen molar-refractivity contribution in [3.05, 3.63) is 29.3 Å². The summed E-state index contributed by atoms with van der Waals surface area (Å²) < 4.78 is 5.73. The maximum atomic E-state index is 5.73. The smallest absolute Gasteiger partial charge is 0.0592 e. The van der Waals surface area contributed by atoms with Crippen molar-refractivity contribution in [2.45, 2.75) is 44.8 Å². The minimum absolute atomic E-state index is 0.494. The second-order valence-electron chi connectivity index (χ2n) is 5.68. The zero-order chi connectivity index (χ0) is 13.1. The van der Waals surface area contributed by atoms with E-state index in [0.29, 0.717) is 12.6 Å². The Morgan fingerprint density at radius 3 is 3.05 bits per heavy atom. The lowest BCUT2D eigenvalue weighted by molar-refractivity contribution is 0.105. The molecule has 3 nitrogen and oxygen atoms in total. The molecule has 1 aromatic rings. The Labute approximate surface area is 115 Å². The van der Waals surface area contributed by atoms with Crippen LogP contribution in [0, 0.1) is 0 Å². The van der Waals surface area contributed by atoms with Gasteiger partial charge in [-0.25, -0.2) is 0 Å². The third-order valence-corrected chi connectivity index (χ3v) is 4.34. The maximum absolute atomic E-state index is 5.73. The highest BCUT2D eigenvalue weighted by Gasteiger charge is 2.20. The molecule has 3 rings (SSSR count). The van der Waals surface area contributed by atoms with Crippen LogP contribution >= 0.6 is 0 Å². The third-order valence-electron chi connectivity index (χ3n) is 4.34. The van der Waals surface area contributed by atoms with Crippen LogP contribution in [0.1, 0.15) is 36.8 Å². The molecular formula is C16H24N2O. The Balaban J connectivity index is 1.67. The number of benzene rings is 1. The van der Waals surface area contributed by atoms with E-state index in [0.717, 1.165) is 19.6 Å². The van der Waals surface area contributed by atoms with Crippen LogP contribution in [0.25, 0.3) is 0 Å². The van der Waals surface area contributed by atoms with Gasteiger partial charge in [0, 0.05) is 31.9 Å². The molecule has 3 heteroatoms. The summed E-state index contributed by atoms with van der Waals surface area (Å²) in [6, 6.07) is 6.71. The van der Waals surface area contributed by atoms with Gasteiger partial charge >= 0.3 is 0 Å². The molecule has 1 aromatic carbocycles. The molecule has 0 spiro atoms. The van der Waals surface area contributed by atoms with Gasteiger partial charge in [-0.2, -0.15) is 0 Å². The van der Waals surface area contributed by atoms with Crippen LogP contribution in [0.5, 0.6) is 0 Å². The fraction of sp³-hybridized carbons (Fsp3) is 0.625. The Morgan fingerprint density at radius 1 is 1.32 bits per heavy atom. The molecule has 0 amide bonds. The highest BCUT2D eigenvalue weighted by atomic mass is 16.5. The number of ether oxygens (including phenoxy) is 1. The van der Waals surface area contributed by atoms with E-state index in [1.807, 2.05) is 0 Å². The molecule has 0 aliphatic carbocycles. The number of hydrogen-bond acceptors (Lipinski definition) is 3. The fourth-order valence-electron chi connectivity index (χ4n) is 3.26. The minimum Gasteiger partial charge on any atom is -0.378 e. The van der Waals surface area contributed by atoms with Crippen molar-refractivity contribution in [2.24, 2.45) is 5.73 Å². The second kappa shape index (κ2) is 5.93. The van der Waals surface area contributed by atoms with E-state index in [4.69, 9.17) is 10.5 Å². The predicted molar refractivity (Wildman–Crippen MR) is 78.5 cm³/mol. The first-order chi connectivity index (χ1) is 9.36. The van der Waals surface area contributed by atoms with E-state index in [-0.39, 0.29) is 0 Å². The van der Waals surface area contributed by atoms with Crippen molar-refractivity contribution in [3.8, 4) is 0 Å². The van der Waals surface area contributed by atoms with Gasteiger partial charge in [-0.3, -0.25) is 0 Å². The molecule has 1 fully saturated rings. The van der Waals surface area contributed by atoms with Gasteiger partial charge < -0.3 is 15.4 Å². The summed E-state index contributed by atoms with van der Waals surface area (Å²) in [6.07, 6.45) is 6.59. The van der Waals surface area contributed by atoms with Gasteiger partial charge in [-0.15, -0.1) is 0 Å². The van der Waals surface area contributed by atoms with Crippen LogP contribution in [0.4, 0.5) is 5.69 Å². The predicted octanol–water partition coefficient (Wildman–Crippen LogP) is 2.47. The monoisotopic (exact) mass is 260 g/mol. The van der Waals surface area contributed by atoms with Gasteiger partial charge in [-0.1, -0.05) is 12.1 Å². The molecule has 2 aliphatic heterocycles. The minimum atomic E-state index is 0.494. The molecule has 1 atom stereocenters. The summed E-state index contributed by atoms with van der Waals surface area (Å²) >= 11 is 0. The quantitative estimate of drug-likeness (QED) is 0.904. The molecule has 0 aromatic heterocycles. The number of nitrogens with two attached hydrogens (primary N) is 1. The Morgan fingerprint density at radius 2 is 2.26 bits per heavy atom. The first-order valence-corrected chi connectivity index (χ1v) is 7.55. The van der Waals surface area contributed by atoms with E-state index in [1.165, 1.54) is 49.0 Å². The van der Waals surface area contributed by atoms with Crippen LogP contribution in [0.2, 0.25) is 0 Å². The van der Waals surface area contributed by atoms with E-state index in [2.05, 4.69) is 23.1 Å². The number of anilines is 1. The summed E-state index contributed by atoms with van der Waals surface area (Å²) in [5.41, 5.74) is 9.87. The Bertz CT molecular complexity index is 427. The van der Waals surface area contributed by atoms with Crippen molar-refractivity contribution in [1.82, 2.24) is 0 Å². The van der Waals surface area contributed by atoms with Crippen molar-refractivity contribution >= 4 is 5.69 Å². The fourth-order valence-corrected chi connectivity index (χ4v) is 3.26. The normalized spacial score (nSPS) is 22.6. The summed E-state index contributed by atoms with van der Waals surface area (Å²) in [5.74, 6) is 0. The van der Waals surface area contributed by atoms with Gasteiger partial charge in [0.2, 0.25) is 0 Å². The molecule has 1 saturated heterocycles. The van der Waals surface area contributed by atoms with Crippen molar-refractivity contribution in [1.29, 1.82) is 0 Å². The van der Waals surface area contributed by atoms with Crippen molar-refractivity contribution < 1.29 is 4.74 Å². The molecule has 0 radical (unpaired) electrons. The summed E-state index contributed by atoms with van der Waals surface area (Å²) in [6.45, 7) is 3.91. The van der Waals surface area contributed by atoms with Crippen LogP contribution in [-0.2, 0) is 17.7 Å². The van der Waals surface area contributed by atoms with Gasteiger partial charge in [-0.05, 0) is 49.3 Å². The van der Waals surface area contributed by atoms with Crippen molar-refractivity contribution in [2.75, 3.05) is 24.6 Å². The number of aryl methyl sites for hydroxylation is 1. The largest absolute Gasteiger partial charge is 0.378 e.